The number of aliphatic imine (C=N–C) groups is 2. The van der Waals surface area contributed by atoms with Crippen molar-refractivity contribution in [2.24, 2.45) is 9.98 Å². The second-order valence-electron chi connectivity index (χ2n) is 10.1. The molecule has 10 heteroatoms. The standard InChI is InChI=1S/C32H33N5O4S/c1-4-27(30(39)34-22-9-7-8-20(2)18-22)42-32-36-25-11-6-5-10-24(25)29-35-26(31(40)37(29)32)16-17-28(38)33-19-21-12-14-23(41-3)15-13-21/h5-15,18,26-27H,4,16-17,19H2,1-3H3,(H,33,38)(H,34,39). The van der Waals surface area contributed by atoms with Crippen LogP contribution in [0.1, 0.15) is 42.9 Å². The third kappa shape index (κ3) is 6.54. The van der Waals surface area contributed by atoms with Gasteiger partial charge >= 0.3 is 0 Å². The number of hydrogen-bond acceptors (Lipinski definition) is 7. The van der Waals surface area contributed by atoms with Crippen molar-refractivity contribution in [3.63, 3.8) is 0 Å². The van der Waals surface area contributed by atoms with Gasteiger partial charge in [0.05, 0.1) is 18.0 Å². The molecule has 3 aromatic rings. The summed E-state index contributed by atoms with van der Waals surface area (Å²) in [6.45, 7) is 4.28. The number of aryl methyl sites for hydroxylation is 1. The van der Waals surface area contributed by atoms with Gasteiger partial charge in [0.2, 0.25) is 11.8 Å². The molecule has 2 unspecified atom stereocenters. The molecule has 0 aliphatic carbocycles. The number of carbonyl (C=O) groups is 3. The molecule has 9 nitrogen and oxygen atoms in total. The van der Waals surface area contributed by atoms with Crippen molar-refractivity contribution < 1.29 is 19.1 Å². The minimum Gasteiger partial charge on any atom is -0.497 e. The normalized spacial score (nSPS) is 16.1. The molecule has 2 atom stereocenters. The van der Waals surface area contributed by atoms with E-state index in [0.29, 0.717) is 29.7 Å². The summed E-state index contributed by atoms with van der Waals surface area (Å²) >= 11 is 1.25. The average Bonchev–Trinajstić information content (AvgIpc) is 3.34. The summed E-state index contributed by atoms with van der Waals surface area (Å²) in [5, 5.41) is 5.82. The van der Waals surface area contributed by atoms with Gasteiger partial charge in [-0.2, -0.15) is 0 Å². The maximum Gasteiger partial charge on any atom is 0.259 e. The molecule has 0 fully saturated rings. The Balaban J connectivity index is 1.27. The van der Waals surface area contributed by atoms with E-state index in [2.05, 4.69) is 10.6 Å². The summed E-state index contributed by atoms with van der Waals surface area (Å²) in [5.41, 5.74) is 4.16. The second kappa shape index (κ2) is 13.0. The van der Waals surface area contributed by atoms with Crippen LogP contribution >= 0.6 is 11.8 Å². The van der Waals surface area contributed by atoms with Gasteiger partial charge < -0.3 is 15.4 Å². The first-order valence-corrected chi connectivity index (χ1v) is 14.8. The summed E-state index contributed by atoms with van der Waals surface area (Å²) in [4.78, 5) is 50.5. The van der Waals surface area contributed by atoms with E-state index in [0.717, 1.165) is 28.1 Å². The number of carbonyl (C=O) groups excluding carboxylic acids is 3. The number of ether oxygens (including phenoxy) is 1. The highest BCUT2D eigenvalue weighted by Crippen LogP contribution is 2.36. The predicted octanol–water partition coefficient (Wildman–Crippen LogP) is 5.21. The molecule has 0 bridgehead atoms. The van der Waals surface area contributed by atoms with Gasteiger partial charge in [-0.3, -0.25) is 19.4 Å². The Morgan fingerprint density at radius 1 is 1.07 bits per heavy atom. The number of nitrogens with zero attached hydrogens (tertiary/aromatic N) is 3. The first-order chi connectivity index (χ1) is 20.4. The molecule has 3 amide bonds. The lowest BCUT2D eigenvalue weighted by atomic mass is 10.1. The van der Waals surface area contributed by atoms with Gasteiger partial charge in [0.25, 0.3) is 5.91 Å². The molecular formula is C32H33N5O4S. The summed E-state index contributed by atoms with van der Waals surface area (Å²) in [7, 11) is 1.61. The zero-order valence-electron chi connectivity index (χ0n) is 23.8. The van der Waals surface area contributed by atoms with Crippen molar-refractivity contribution in [1.29, 1.82) is 0 Å². The van der Waals surface area contributed by atoms with Gasteiger partial charge in [-0.15, -0.1) is 0 Å². The maximum absolute atomic E-state index is 13.7. The van der Waals surface area contributed by atoms with Gasteiger partial charge in [-0.05, 0) is 67.3 Å². The number of thioether (sulfide) groups is 1. The molecule has 2 heterocycles. The van der Waals surface area contributed by atoms with Crippen LogP contribution in [0.4, 0.5) is 11.4 Å². The molecule has 0 spiro atoms. The molecule has 2 N–H and O–H groups in total. The number of hydrogen-bond donors (Lipinski definition) is 2. The van der Waals surface area contributed by atoms with Crippen LogP contribution in [0.15, 0.2) is 82.8 Å². The van der Waals surface area contributed by atoms with E-state index in [1.807, 2.05) is 86.6 Å². The van der Waals surface area contributed by atoms with E-state index in [4.69, 9.17) is 14.7 Å². The van der Waals surface area contributed by atoms with E-state index in [9.17, 15) is 14.4 Å². The molecule has 0 aromatic heterocycles. The minimum absolute atomic E-state index is 0.148. The zero-order chi connectivity index (χ0) is 29.6. The van der Waals surface area contributed by atoms with Crippen LogP contribution in [0.5, 0.6) is 5.75 Å². The Morgan fingerprint density at radius 2 is 1.86 bits per heavy atom. The molecule has 2 aliphatic heterocycles. The highest BCUT2D eigenvalue weighted by atomic mass is 32.2. The zero-order valence-corrected chi connectivity index (χ0v) is 24.6. The van der Waals surface area contributed by atoms with Gasteiger partial charge in [-0.25, -0.2) is 9.89 Å². The molecule has 3 aromatic carbocycles. The van der Waals surface area contributed by atoms with Crippen LogP contribution in [0.3, 0.4) is 0 Å². The summed E-state index contributed by atoms with van der Waals surface area (Å²) in [6, 6.07) is 21.9. The first kappa shape index (κ1) is 29.1. The lowest BCUT2D eigenvalue weighted by Crippen LogP contribution is -2.42. The van der Waals surface area contributed by atoms with Crippen LogP contribution in [-0.2, 0) is 20.9 Å². The van der Waals surface area contributed by atoms with E-state index >= 15 is 0 Å². The number of para-hydroxylation sites is 1. The number of benzene rings is 3. The van der Waals surface area contributed by atoms with Crippen LogP contribution < -0.4 is 15.4 Å². The van der Waals surface area contributed by atoms with Gasteiger partial charge in [-0.1, -0.05) is 55.1 Å². The van der Waals surface area contributed by atoms with E-state index < -0.39 is 11.3 Å². The van der Waals surface area contributed by atoms with Crippen LogP contribution in [0.25, 0.3) is 0 Å². The molecule has 0 saturated heterocycles. The fourth-order valence-electron chi connectivity index (χ4n) is 4.76. The second-order valence-corrected chi connectivity index (χ2v) is 11.3. The summed E-state index contributed by atoms with van der Waals surface area (Å²) in [6.07, 6.45) is 0.947. The van der Waals surface area contributed by atoms with Gasteiger partial charge in [0.15, 0.2) is 5.17 Å². The lowest BCUT2D eigenvalue weighted by Gasteiger charge is -2.27. The van der Waals surface area contributed by atoms with Crippen molar-refractivity contribution >= 4 is 51.9 Å². The third-order valence-corrected chi connectivity index (χ3v) is 8.35. The first-order valence-electron chi connectivity index (χ1n) is 13.9. The Hall–Kier alpha value is -4.44. The Labute approximate surface area is 249 Å². The number of methoxy groups -OCH3 is 1. The molecule has 5 rings (SSSR count). The Bertz CT molecular complexity index is 1550. The molecule has 0 saturated carbocycles. The number of anilines is 1. The fraction of sp³-hybridized carbons (Fsp3) is 0.281. The molecule has 42 heavy (non-hydrogen) atoms. The Morgan fingerprint density at radius 3 is 2.60 bits per heavy atom. The molecule has 2 aliphatic rings. The Kier molecular flexibility index (Phi) is 9.02. The third-order valence-electron chi connectivity index (χ3n) is 7.04. The smallest absolute Gasteiger partial charge is 0.259 e. The number of amides is 3. The molecular weight excluding hydrogens is 550 g/mol. The quantitative estimate of drug-likeness (QED) is 0.340. The van der Waals surface area contributed by atoms with Crippen LogP contribution in [-0.4, -0.2) is 52.0 Å². The van der Waals surface area contributed by atoms with Crippen molar-refractivity contribution in [1.82, 2.24) is 10.2 Å². The SMILES string of the molecule is CCC(SC1=Nc2ccccc2C2=NC(CCC(=O)NCc3ccc(OC)cc3)C(=O)N12)C(=O)Nc1cccc(C)c1. The highest BCUT2D eigenvalue weighted by Gasteiger charge is 2.42. The van der Waals surface area contributed by atoms with Crippen LogP contribution in [0.2, 0.25) is 0 Å². The van der Waals surface area contributed by atoms with Crippen molar-refractivity contribution in [2.75, 3.05) is 12.4 Å². The topological polar surface area (TPSA) is 112 Å². The number of fused-ring (bicyclic) bond motifs is 3. The van der Waals surface area contributed by atoms with Gasteiger partial charge in [0, 0.05) is 24.2 Å². The maximum atomic E-state index is 13.7. The molecule has 0 radical (unpaired) electrons. The predicted molar refractivity (Wildman–Crippen MR) is 166 cm³/mol. The number of amidine groups is 2. The van der Waals surface area contributed by atoms with E-state index in [1.165, 1.54) is 16.7 Å². The average molecular weight is 584 g/mol. The number of rotatable bonds is 10. The van der Waals surface area contributed by atoms with Gasteiger partial charge in [0.1, 0.15) is 17.6 Å². The van der Waals surface area contributed by atoms with E-state index in [1.54, 1.807) is 7.11 Å². The van der Waals surface area contributed by atoms with Crippen molar-refractivity contribution in [3.05, 3.63) is 89.5 Å². The van der Waals surface area contributed by atoms with Crippen molar-refractivity contribution in [2.45, 2.75) is 50.9 Å². The highest BCUT2D eigenvalue weighted by molar-refractivity contribution is 8.15. The molecule has 216 valence electrons. The number of nitrogens with one attached hydrogen (secondary N) is 2. The lowest BCUT2D eigenvalue weighted by molar-refractivity contribution is -0.125. The van der Waals surface area contributed by atoms with E-state index in [-0.39, 0.29) is 30.6 Å². The van der Waals surface area contributed by atoms with Crippen molar-refractivity contribution in [3.8, 4) is 5.75 Å². The largest absolute Gasteiger partial charge is 0.497 e. The fourth-order valence-corrected chi connectivity index (χ4v) is 5.78. The monoisotopic (exact) mass is 583 g/mol. The summed E-state index contributed by atoms with van der Waals surface area (Å²) in [5.74, 6) is 0.685. The van der Waals surface area contributed by atoms with Crippen LogP contribution in [0, 0.1) is 6.92 Å². The summed E-state index contributed by atoms with van der Waals surface area (Å²) < 4.78 is 5.17. The minimum atomic E-state index is -0.718.